The first-order valence-electron chi connectivity index (χ1n) is 10.1. The van der Waals surface area contributed by atoms with Crippen LogP contribution in [0.4, 0.5) is 17.6 Å². The molecule has 0 radical (unpaired) electrons. The van der Waals surface area contributed by atoms with E-state index in [0.29, 0.717) is 35.8 Å². The van der Waals surface area contributed by atoms with Crippen molar-refractivity contribution in [3.63, 3.8) is 0 Å². The van der Waals surface area contributed by atoms with E-state index in [4.69, 9.17) is 9.47 Å². The quantitative estimate of drug-likeness (QED) is 0.232. The number of hydrogen-bond acceptors (Lipinski definition) is 5. The van der Waals surface area contributed by atoms with Crippen molar-refractivity contribution in [2.75, 3.05) is 20.2 Å². The molecular weight excluding hydrogens is 442 g/mol. The molecule has 1 atom stereocenters. The third-order valence-corrected chi connectivity index (χ3v) is 4.77. The number of likely N-dealkylation sites (N-methyl/N-ethyl adjacent to an activating group) is 1. The van der Waals surface area contributed by atoms with Gasteiger partial charge < -0.3 is 14.4 Å². The van der Waals surface area contributed by atoms with Crippen molar-refractivity contribution in [1.29, 1.82) is 0 Å². The van der Waals surface area contributed by atoms with Crippen molar-refractivity contribution in [3.8, 4) is 5.88 Å². The van der Waals surface area contributed by atoms with Gasteiger partial charge in [-0.15, -0.1) is 0 Å². The number of aromatic nitrogens is 1. The number of carbonyl (C=O) groups excluding carboxylic acids is 1. The molecule has 2 rings (SSSR count). The third-order valence-electron chi connectivity index (χ3n) is 4.77. The van der Waals surface area contributed by atoms with Crippen LogP contribution >= 0.6 is 0 Å². The highest BCUT2D eigenvalue weighted by atomic mass is 19.4. The summed E-state index contributed by atoms with van der Waals surface area (Å²) in [6, 6.07) is 6.51. The highest BCUT2D eigenvalue weighted by Crippen LogP contribution is 2.30. The van der Waals surface area contributed by atoms with Gasteiger partial charge in [-0.1, -0.05) is 24.8 Å². The van der Waals surface area contributed by atoms with Gasteiger partial charge in [0.25, 0.3) is 5.91 Å². The molecule has 0 N–H and O–H groups in total. The summed E-state index contributed by atoms with van der Waals surface area (Å²) in [5.74, 6) is -1.53. The third kappa shape index (κ3) is 6.53. The minimum Gasteiger partial charge on any atom is -0.473 e. The molecule has 1 amide bonds. The number of rotatable bonds is 8. The number of benzene rings is 1. The number of nitrogens with zero attached hydrogens (tertiary/aromatic N) is 3. The molecule has 0 fully saturated rings. The standard InChI is InChI=1S/C23H25F4N3O3/c1-6-30(14(2)13-32-21-20(24)11-17(12-29-21)23(25,26)27)22(31)19-10-8-7-9-18(19)15(3)33-16(4)28-5/h7-12,14H,3,6,13H2,1-2,4-5H3/t14-/m0/s1. The maximum Gasteiger partial charge on any atom is 0.417 e. The normalized spacial score (nSPS) is 12.8. The van der Waals surface area contributed by atoms with E-state index < -0.39 is 29.5 Å². The van der Waals surface area contributed by atoms with Gasteiger partial charge in [-0.2, -0.15) is 13.2 Å². The highest BCUT2D eigenvalue weighted by molar-refractivity contribution is 5.99. The average molecular weight is 467 g/mol. The molecule has 6 nitrogen and oxygen atoms in total. The molecule has 0 aliphatic heterocycles. The molecule has 0 saturated carbocycles. The van der Waals surface area contributed by atoms with Crippen LogP contribution in [0.2, 0.25) is 0 Å². The van der Waals surface area contributed by atoms with Crippen molar-refractivity contribution >= 4 is 17.6 Å². The lowest BCUT2D eigenvalue weighted by molar-refractivity contribution is -0.138. The maximum absolute atomic E-state index is 14.0. The lowest BCUT2D eigenvalue weighted by Gasteiger charge is -2.29. The summed E-state index contributed by atoms with van der Waals surface area (Å²) >= 11 is 0. The molecule has 0 saturated heterocycles. The van der Waals surface area contributed by atoms with Crippen molar-refractivity contribution < 1.29 is 31.8 Å². The molecule has 1 heterocycles. The van der Waals surface area contributed by atoms with Crippen LogP contribution in [0.3, 0.4) is 0 Å². The Morgan fingerprint density at radius 2 is 1.91 bits per heavy atom. The molecule has 0 bridgehead atoms. The Bertz CT molecular complexity index is 1040. The molecular formula is C23H25F4N3O3. The summed E-state index contributed by atoms with van der Waals surface area (Å²) in [5, 5.41) is 0. The summed E-state index contributed by atoms with van der Waals surface area (Å²) < 4.78 is 62.9. The first kappa shape index (κ1) is 25.8. The second-order valence-corrected chi connectivity index (χ2v) is 7.07. The van der Waals surface area contributed by atoms with Crippen LogP contribution in [-0.2, 0) is 10.9 Å². The number of ether oxygens (including phenoxy) is 2. The average Bonchev–Trinajstić information content (AvgIpc) is 2.77. The molecule has 33 heavy (non-hydrogen) atoms. The Labute approximate surface area is 189 Å². The summed E-state index contributed by atoms with van der Waals surface area (Å²) in [4.78, 5) is 22.1. The van der Waals surface area contributed by atoms with Crippen LogP contribution in [0.15, 0.2) is 48.1 Å². The lowest BCUT2D eigenvalue weighted by Crippen LogP contribution is -2.42. The topological polar surface area (TPSA) is 64.0 Å². The minimum atomic E-state index is -4.71. The summed E-state index contributed by atoms with van der Waals surface area (Å²) in [6.07, 6.45) is -4.22. The highest BCUT2D eigenvalue weighted by Gasteiger charge is 2.32. The van der Waals surface area contributed by atoms with Crippen LogP contribution in [-0.4, -0.2) is 47.9 Å². The lowest BCUT2D eigenvalue weighted by atomic mass is 10.0. The van der Waals surface area contributed by atoms with Gasteiger partial charge in [0, 0.05) is 32.3 Å². The molecule has 178 valence electrons. The van der Waals surface area contributed by atoms with Gasteiger partial charge in [0.15, 0.2) is 11.7 Å². The van der Waals surface area contributed by atoms with E-state index in [2.05, 4.69) is 16.6 Å². The molecule has 10 heteroatoms. The Morgan fingerprint density at radius 3 is 2.45 bits per heavy atom. The number of pyridine rings is 1. The number of aliphatic imine (C=N–C) groups is 1. The van der Waals surface area contributed by atoms with Crippen LogP contribution in [0.5, 0.6) is 5.88 Å². The van der Waals surface area contributed by atoms with E-state index in [1.807, 2.05) is 0 Å². The monoisotopic (exact) mass is 467 g/mol. The Morgan fingerprint density at radius 1 is 1.27 bits per heavy atom. The molecule has 0 aliphatic carbocycles. The first-order chi connectivity index (χ1) is 15.5. The van der Waals surface area contributed by atoms with Crippen LogP contribution in [0, 0.1) is 5.82 Å². The Kier molecular flexibility index (Phi) is 8.56. The smallest absolute Gasteiger partial charge is 0.417 e. The molecule has 0 aliphatic rings. The number of halogens is 4. The molecule has 0 spiro atoms. The number of amides is 1. The van der Waals surface area contributed by atoms with Crippen molar-refractivity contribution in [1.82, 2.24) is 9.88 Å². The van der Waals surface area contributed by atoms with Crippen LogP contribution < -0.4 is 4.74 Å². The fourth-order valence-electron chi connectivity index (χ4n) is 2.98. The largest absolute Gasteiger partial charge is 0.473 e. The predicted octanol–water partition coefficient (Wildman–Crippen LogP) is 5.20. The zero-order valence-corrected chi connectivity index (χ0v) is 18.7. The van der Waals surface area contributed by atoms with E-state index in [1.165, 1.54) is 4.90 Å². The zero-order valence-electron chi connectivity index (χ0n) is 18.7. The SMILES string of the molecule is C=C(OC(C)=NC)c1ccccc1C(=O)N(CC)[C@@H](C)COc1ncc(C(F)(F)F)cc1F. The first-order valence-corrected chi connectivity index (χ1v) is 10.1. The molecule has 2 aromatic rings. The second-order valence-electron chi connectivity index (χ2n) is 7.07. The predicted molar refractivity (Wildman–Crippen MR) is 116 cm³/mol. The molecule has 1 aromatic heterocycles. The summed E-state index contributed by atoms with van der Waals surface area (Å²) in [5.41, 5.74) is -0.403. The van der Waals surface area contributed by atoms with E-state index in [9.17, 15) is 22.4 Å². The van der Waals surface area contributed by atoms with Gasteiger partial charge in [-0.3, -0.25) is 9.79 Å². The second kappa shape index (κ2) is 10.9. The Balaban J connectivity index is 2.17. The fraction of sp³-hybridized carbons (Fsp3) is 0.348. The van der Waals surface area contributed by atoms with E-state index >= 15 is 0 Å². The van der Waals surface area contributed by atoms with Crippen LogP contribution in [0.25, 0.3) is 5.76 Å². The van der Waals surface area contributed by atoms with Crippen molar-refractivity contribution in [2.45, 2.75) is 33.0 Å². The fourth-order valence-corrected chi connectivity index (χ4v) is 2.98. The van der Waals surface area contributed by atoms with Gasteiger partial charge in [0.05, 0.1) is 17.2 Å². The molecule has 0 unspecified atom stereocenters. The van der Waals surface area contributed by atoms with Gasteiger partial charge in [-0.05, 0) is 26.0 Å². The minimum absolute atomic E-state index is 0.184. The Hall–Kier alpha value is -3.43. The molecule has 1 aromatic carbocycles. The van der Waals surface area contributed by atoms with Crippen LogP contribution in [0.1, 0.15) is 42.3 Å². The van der Waals surface area contributed by atoms with Gasteiger partial charge in [-0.25, -0.2) is 9.37 Å². The van der Waals surface area contributed by atoms with Crippen molar-refractivity contribution in [3.05, 3.63) is 65.6 Å². The van der Waals surface area contributed by atoms with Crippen molar-refractivity contribution in [2.24, 2.45) is 4.99 Å². The van der Waals surface area contributed by atoms with E-state index in [1.54, 1.807) is 52.1 Å². The summed E-state index contributed by atoms with van der Waals surface area (Å²) in [6.45, 7) is 9.06. The number of hydrogen-bond donors (Lipinski definition) is 0. The van der Waals surface area contributed by atoms with Gasteiger partial charge >= 0.3 is 6.18 Å². The van der Waals surface area contributed by atoms with E-state index in [0.717, 1.165) is 0 Å². The van der Waals surface area contributed by atoms with Gasteiger partial charge in [0.2, 0.25) is 5.88 Å². The summed E-state index contributed by atoms with van der Waals surface area (Å²) in [7, 11) is 1.56. The maximum atomic E-state index is 14.0. The van der Waals surface area contributed by atoms with E-state index in [-0.39, 0.29) is 18.3 Å². The zero-order chi connectivity index (χ0) is 24.8. The van der Waals surface area contributed by atoms with Gasteiger partial charge in [0.1, 0.15) is 12.4 Å². The number of carbonyl (C=O) groups is 1. The number of alkyl halides is 3.